The number of carbonyl (C=O) groups excluding carboxylic acids is 1. The van der Waals surface area contributed by atoms with Crippen LogP contribution in [0.15, 0.2) is 47.5 Å². The topological polar surface area (TPSA) is 51.1 Å². The lowest BCUT2D eigenvalue weighted by molar-refractivity contribution is 0.0998. The van der Waals surface area contributed by atoms with E-state index in [1.165, 1.54) is 19.2 Å². The fourth-order valence-corrected chi connectivity index (χ4v) is 3.81. The predicted octanol–water partition coefficient (Wildman–Crippen LogP) is 4.99. The molecule has 0 amide bonds. The highest BCUT2D eigenvalue weighted by Gasteiger charge is 2.22. The summed E-state index contributed by atoms with van der Waals surface area (Å²) in [5.41, 5.74) is 0.858. The van der Waals surface area contributed by atoms with Crippen LogP contribution in [0, 0.1) is 5.82 Å². The second-order valence-electron chi connectivity index (χ2n) is 6.15. The minimum atomic E-state index is -0.589. The number of carbonyl (C=O) groups is 1. The van der Waals surface area contributed by atoms with Gasteiger partial charge in [0.25, 0.3) is 0 Å². The number of hydrogen-bond acceptors (Lipinski definition) is 6. The second kappa shape index (κ2) is 11.2. The van der Waals surface area contributed by atoms with Crippen molar-refractivity contribution in [1.82, 2.24) is 0 Å². The standard InChI is InChI=1S/C21H23FN2O3S.BrH/c1-3-27-16-7-5-15(6-8-16)24(21-23-11-4-12-28-21)14-20(25)18-10-9-17(26-2)13-19(18)22;/h5-10,13H,3-4,11-12,14H2,1-2H3;1H. The molecule has 0 atom stereocenters. The molecule has 0 bridgehead atoms. The van der Waals surface area contributed by atoms with Crippen LogP contribution in [0.5, 0.6) is 11.5 Å². The van der Waals surface area contributed by atoms with Crippen molar-refractivity contribution in [2.24, 2.45) is 4.99 Å². The number of aliphatic imine (C=N–C) groups is 1. The Labute approximate surface area is 185 Å². The molecule has 0 saturated heterocycles. The number of hydrogen-bond donors (Lipinski definition) is 0. The van der Waals surface area contributed by atoms with Crippen LogP contribution in [-0.4, -0.2) is 43.5 Å². The molecule has 1 aliphatic rings. The fourth-order valence-electron chi connectivity index (χ4n) is 2.85. The van der Waals surface area contributed by atoms with Crippen LogP contribution >= 0.6 is 28.7 Å². The number of halogens is 2. The monoisotopic (exact) mass is 482 g/mol. The Hall–Kier alpha value is -2.06. The molecule has 2 aromatic rings. The van der Waals surface area contributed by atoms with Gasteiger partial charge in [0.2, 0.25) is 0 Å². The minimum absolute atomic E-state index is 0. The summed E-state index contributed by atoms with van der Waals surface area (Å²) in [5.74, 6) is 1.18. The summed E-state index contributed by atoms with van der Waals surface area (Å²) in [5, 5.41) is 0.776. The summed E-state index contributed by atoms with van der Waals surface area (Å²) >= 11 is 1.61. The van der Waals surface area contributed by atoms with Crippen molar-refractivity contribution < 1.29 is 18.7 Å². The summed E-state index contributed by atoms with van der Waals surface area (Å²) in [4.78, 5) is 19.3. The van der Waals surface area contributed by atoms with E-state index in [1.54, 1.807) is 17.8 Å². The van der Waals surface area contributed by atoms with E-state index in [9.17, 15) is 9.18 Å². The molecule has 5 nitrogen and oxygen atoms in total. The van der Waals surface area contributed by atoms with Crippen LogP contribution < -0.4 is 14.4 Å². The van der Waals surface area contributed by atoms with Gasteiger partial charge in [-0.3, -0.25) is 9.79 Å². The Morgan fingerprint density at radius 3 is 2.52 bits per heavy atom. The normalized spacial score (nSPS) is 13.1. The van der Waals surface area contributed by atoms with E-state index < -0.39 is 5.82 Å². The van der Waals surface area contributed by atoms with Crippen molar-refractivity contribution in [3.63, 3.8) is 0 Å². The summed E-state index contributed by atoms with van der Waals surface area (Å²) in [6, 6.07) is 11.8. The van der Waals surface area contributed by atoms with Gasteiger partial charge >= 0.3 is 0 Å². The van der Waals surface area contributed by atoms with Crippen molar-refractivity contribution in [2.75, 3.05) is 37.5 Å². The van der Waals surface area contributed by atoms with E-state index in [4.69, 9.17) is 9.47 Å². The van der Waals surface area contributed by atoms with E-state index in [2.05, 4.69) is 4.99 Å². The van der Waals surface area contributed by atoms with Crippen molar-refractivity contribution in [1.29, 1.82) is 0 Å². The number of rotatable bonds is 7. The third kappa shape index (κ3) is 5.96. The molecule has 1 heterocycles. The van der Waals surface area contributed by atoms with Crippen LogP contribution in [0.3, 0.4) is 0 Å². The number of nitrogens with zero attached hydrogens (tertiary/aromatic N) is 2. The Morgan fingerprint density at radius 1 is 1.21 bits per heavy atom. The van der Waals surface area contributed by atoms with Gasteiger partial charge < -0.3 is 14.4 Å². The molecular weight excluding hydrogens is 459 g/mol. The summed E-state index contributed by atoms with van der Waals surface area (Å²) < 4.78 is 24.9. The molecule has 3 rings (SSSR count). The Kier molecular flexibility index (Phi) is 8.98. The Balaban J connectivity index is 0.00000300. The number of Topliss-reactive ketones (excluding diaryl/α,β-unsaturated/α-hetero) is 1. The molecule has 0 saturated carbocycles. The molecule has 0 fully saturated rings. The molecule has 1 aliphatic heterocycles. The van der Waals surface area contributed by atoms with Crippen LogP contribution in [0.25, 0.3) is 0 Å². The SMILES string of the molecule is Br.CCOc1ccc(N(CC(=O)c2ccc(OC)cc2F)C2=NCCCS2)cc1. The van der Waals surface area contributed by atoms with Gasteiger partial charge in [0.1, 0.15) is 17.3 Å². The number of methoxy groups -OCH3 is 1. The first-order chi connectivity index (χ1) is 13.6. The van der Waals surface area contributed by atoms with Gasteiger partial charge in [0.15, 0.2) is 11.0 Å². The van der Waals surface area contributed by atoms with Gasteiger partial charge in [-0.15, -0.1) is 17.0 Å². The van der Waals surface area contributed by atoms with Gasteiger partial charge in [-0.25, -0.2) is 4.39 Å². The molecule has 29 heavy (non-hydrogen) atoms. The number of benzene rings is 2. The van der Waals surface area contributed by atoms with Crippen molar-refractivity contribution in [3.8, 4) is 11.5 Å². The van der Waals surface area contributed by atoms with Gasteiger partial charge in [-0.2, -0.15) is 0 Å². The molecule has 156 valence electrons. The van der Waals surface area contributed by atoms with E-state index >= 15 is 0 Å². The summed E-state index contributed by atoms with van der Waals surface area (Å²) in [6.45, 7) is 3.24. The fraction of sp³-hybridized carbons (Fsp3) is 0.333. The largest absolute Gasteiger partial charge is 0.497 e. The lowest BCUT2D eigenvalue weighted by Gasteiger charge is -2.27. The molecule has 8 heteroatoms. The molecule has 2 aromatic carbocycles. The first-order valence-corrected chi connectivity index (χ1v) is 10.2. The summed E-state index contributed by atoms with van der Waals surface area (Å²) in [7, 11) is 1.46. The zero-order chi connectivity index (χ0) is 19.9. The van der Waals surface area contributed by atoms with E-state index in [1.807, 2.05) is 36.1 Å². The maximum absolute atomic E-state index is 14.3. The van der Waals surface area contributed by atoms with E-state index in [0.29, 0.717) is 12.4 Å². The lowest BCUT2D eigenvalue weighted by atomic mass is 10.1. The zero-order valence-corrected chi connectivity index (χ0v) is 18.9. The van der Waals surface area contributed by atoms with Crippen LogP contribution in [0.1, 0.15) is 23.7 Å². The molecule has 0 N–H and O–H groups in total. The van der Waals surface area contributed by atoms with E-state index in [-0.39, 0.29) is 34.9 Å². The van der Waals surface area contributed by atoms with Gasteiger partial charge in [0, 0.05) is 24.1 Å². The highest BCUT2D eigenvalue weighted by atomic mass is 79.9. The molecular formula is C21H24BrFN2O3S. The number of ether oxygens (including phenoxy) is 2. The van der Waals surface area contributed by atoms with Crippen LogP contribution in [-0.2, 0) is 0 Å². The highest BCUT2D eigenvalue weighted by molar-refractivity contribution is 8.93. The first-order valence-electron chi connectivity index (χ1n) is 9.16. The third-order valence-corrected chi connectivity index (χ3v) is 5.35. The average molecular weight is 483 g/mol. The molecule has 0 spiro atoms. The second-order valence-corrected chi connectivity index (χ2v) is 7.21. The van der Waals surface area contributed by atoms with Crippen molar-refractivity contribution in [3.05, 3.63) is 53.8 Å². The Bertz CT molecular complexity index is 862. The maximum atomic E-state index is 14.3. The van der Waals surface area contributed by atoms with Gasteiger partial charge in [-0.1, -0.05) is 11.8 Å². The lowest BCUT2D eigenvalue weighted by Crippen LogP contribution is -2.35. The maximum Gasteiger partial charge on any atom is 0.185 e. The van der Waals surface area contributed by atoms with Crippen LogP contribution in [0.4, 0.5) is 10.1 Å². The zero-order valence-electron chi connectivity index (χ0n) is 16.4. The number of amidine groups is 1. The van der Waals surface area contributed by atoms with Gasteiger partial charge in [0.05, 0.1) is 25.8 Å². The molecule has 0 aliphatic carbocycles. The smallest absolute Gasteiger partial charge is 0.185 e. The number of thioether (sulfide) groups is 1. The predicted molar refractivity (Wildman–Crippen MR) is 122 cm³/mol. The van der Waals surface area contributed by atoms with Crippen molar-refractivity contribution in [2.45, 2.75) is 13.3 Å². The third-order valence-electron chi connectivity index (χ3n) is 4.25. The number of anilines is 1. The van der Waals surface area contributed by atoms with E-state index in [0.717, 1.165) is 35.3 Å². The average Bonchev–Trinajstić information content (AvgIpc) is 2.73. The Morgan fingerprint density at radius 2 is 1.93 bits per heavy atom. The quantitative estimate of drug-likeness (QED) is 0.520. The minimum Gasteiger partial charge on any atom is -0.497 e. The summed E-state index contributed by atoms with van der Waals surface area (Å²) in [6.07, 6.45) is 1.01. The molecule has 0 unspecified atom stereocenters. The number of ketones is 1. The first kappa shape index (κ1) is 23.2. The molecule has 0 aromatic heterocycles. The molecule has 0 radical (unpaired) electrons. The highest BCUT2D eigenvalue weighted by Crippen LogP contribution is 2.26. The van der Waals surface area contributed by atoms with Crippen LogP contribution in [0.2, 0.25) is 0 Å². The van der Waals surface area contributed by atoms with Gasteiger partial charge in [-0.05, 0) is 49.7 Å². The van der Waals surface area contributed by atoms with Crippen molar-refractivity contribution >= 4 is 45.4 Å².